The zero-order valence-corrected chi connectivity index (χ0v) is 11.3. The van der Waals surface area contributed by atoms with Crippen LogP contribution in [-0.4, -0.2) is 15.8 Å². The maximum absolute atomic E-state index is 4.86. The molecule has 15 heavy (non-hydrogen) atoms. The van der Waals surface area contributed by atoms with Gasteiger partial charge in [-0.15, -0.1) is 0 Å². The van der Waals surface area contributed by atoms with Gasteiger partial charge in [-0.2, -0.15) is 0 Å². The third-order valence-corrected chi connectivity index (χ3v) is 4.90. The fourth-order valence-electron chi connectivity index (χ4n) is 1.57. The van der Waals surface area contributed by atoms with E-state index in [9.17, 15) is 0 Å². The van der Waals surface area contributed by atoms with Crippen LogP contribution in [0.5, 0.6) is 5.75 Å². The molecule has 0 spiro atoms. The second kappa shape index (κ2) is 5.51. The molecule has 0 aliphatic rings. The van der Waals surface area contributed by atoms with Gasteiger partial charge >= 0.3 is 0 Å². The van der Waals surface area contributed by atoms with Gasteiger partial charge in [0.15, 0.2) is 0 Å². The highest BCUT2D eigenvalue weighted by Gasteiger charge is 2.26. The monoisotopic (exact) mass is 225 g/mol. The number of hydrogen-bond donors (Lipinski definition) is 0. The Morgan fingerprint density at radius 2 is 1.40 bits per heavy atom. The first-order valence-corrected chi connectivity index (χ1v) is 7.00. The number of benzene rings is 1. The summed E-state index contributed by atoms with van der Waals surface area (Å²) in [4.78, 5) is 0. The van der Waals surface area contributed by atoms with Crippen molar-refractivity contribution in [1.29, 1.82) is 0 Å². The predicted molar refractivity (Wildman–Crippen MR) is 70.0 cm³/mol. The van der Waals surface area contributed by atoms with E-state index in [0.717, 1.165) is 5.75 Å². The van der Waals surface area contributed by atoms with Crippen LogP contribution in [0.15, 0.2) is 24.3 Å². The van der Waals surface area contributed by atoms with E-state index in [4.69, 9.17) is 4.52 Å². The van der Waals surface area contributed by atoms with Crippen molar-refractivity contribution in [2.45, 2.75) is 45.9 Å². The van der Waals surface area contributed by atoms with Gasteiger partial charge in [-0.1, -0.05) is 45.4 Å². The Bertz CT molecular complexity index is 282. The number of rotatable bonds is 4. The molecule has 1 nitrogen and oxygen atoms in total. The summed E-state index contributed by atoms with van der Waals surface area (Å²) < 4.78 is 4.86. The maximum atomic E-state index is 4.86. The molecule has 2 heteroatoms. The summed E-state index contributed by atoms with van der Waals surface area (Å²) in [5.41, 5.74) is 2.63. The van der Waals surface area contributed by atoms with E-state index in [2.05, 4.69) is 58.9 Å². The minimum atomic E-state index is -0.240. The average Bonchev–Trinajstić information content (AvgIpc) is 2.15. The fourth-order valence-corrected chi connectivity index (χ4v) is 3.63. The average molecular weight is 225 g/mol. The number of aryl methyl sites for hydroxylation is 1. The molecule has 1 aromatic rings. The van der Waals surface area contributed by atoms with Gasteiger partial charge in [-0.25, -0.2) is 0 Å². The van der Waals surface area contributed by atoms with Crippen molar-refractivity contribution < 1.29 is 4.52 Å². The second-order valence-corrected chi connectivity index (χ2v) is 7.53. The summed E-state index contributed by atoms with van der Waals surface area (Å²) in [6.07, 6.45) is 0. The van der Waals surface area contributed by atoms with E-state index in [1.807, 2.05) is 0 Å². The Morgan fingerprint density at radius 3 is 1.80 bits per heavy atom. The molecule has 1 aromatic carbocycles. The lowest BCUT2D eigenvalue weighted by Crippen LogP contribution is -2.06. The summed E-state index contributed by atoms with van der Waals surface area (Å²) in [7, 11) is -0.240. The third kappa shape index (κ3) is 3.83. The van der Waals surface area contributed by atoms with Crippen molar-refractivity contribution in [3.8, 4) is 5.75 Å². The van der Waals surface area contributed by atoms with E-state index in [-0.39, 0.29) is 8.15 Å². The lowest BCUT2D eigenvalue weighted by Gasteiger charge is -2.20. The topological polar surface area (TPSA) is 12.8 Å². The standard InChI is InChI=1S/C13H21OP/c1-10(2)15(11(3)4)14-13-8-6-12(5)7-9-13/h6-11H,1-5H3/p+1. The first-order valence-electron chi connectivity index (χ1n) is 5.57. The minimum absolute atomic E-state index is 0.240. The molecule has 0 aliphatic heterocycles. The second-order valence-electron chi connectivity index (χ2n) is 4.50. The van der Waals surface area contributed by atoms with E-state index in [1.54, 1.807) is 0 Å². The largest absolute Gasteiger partial charge is 0.575 e. The van der Waals surface area contributed by atoms with Gasteiger partial charge in [-0.05, 0) is 6.92 Å². The van der Waals surface area contributed by atoms with Crippen LogP contribution < -0.4 is 0 Å². The maximum Gasteiger partial charge on any atom is 0.254 e. The molecule has 0 saturated carbocycles. The van der Waals surface area contributed by atoms with Gasteiger partial charge in [0.1, 0.15) is 0 Å². The Balaban J connectivity index is 2.70. The van der Waals surface area contributed by atoms with Crippen LogP contribution >= 0.6 is 8.15 Å². The Kier molecular flexibility index (Phi) is 4.60. The van der Waals surface area contributed by atoms with Gasteiger partial charge in [0.05, 0.1) is 11.3 Å². The van der Waals surface area contributed by atoms with E-state index in [0.29, 0.717) is 11.3 Å². The first-order chi connectivity index (χ1) is 7.00. The highest BCUT2D eigenvalue weighted by atomic mass is 31.1. The molecule has 0 heterocycles. The van der Waals surface area contributed by atoms with Crippen LogP contribution in [0.25, 0.3) is 0 Å². The van der Waals surface area contributed by atoms with Crippen LogP contribution in [0.1, 0.15) is 33.3 Å². The summed E-state index contributed by atoms with van der Waals surface area (Å²) in [5.74, 6) is 1.13. The van der Waals surface area contributed by atoms with E-state index in [1.165, 1.54) is 5.56 Å². The molecule has 0 amide bonds. The SMILES string of the molecule is Cc1ccc([OH+]P(C(C)C)C(C)C)cc1. The van der Waals surface area contributed by atoms with E-state index >= 15 is 0 Å². The minimum Gasteiger partial charge on any atom is -0.575 e. The van der Waals surface area contributed by atoms with Crippen LogP contribution in [0.2, 0.25) is 0 Å². The molecule has 0 atom stereocenters. The quantitative estimate of drug-likeness (QED) is 0.530. The molecule has 0 radical (unpaired) electrons. The Hall–Kier alpha value is -0.550. The molecular weight excluding hydrogens is 203 g/mol. The van der Waals surface area contributed by atoms with E-state index < -0.39 is 0 Å². The smallest absolute Gasteiger partial charge is 0.254 e. The van der Waals surface area contributed by atoms with Crippen molar-refractivity contribution in [2.24, 2.45) is 0 Å². The van der Waals surface area contributed by atoms with Crippen molar-refractivity contribution >= 4 is 8.15 Å². The molecule has 1 N–H and O–H groups in total. The van der Waals surface area contributed by atoms with Crippen molar-refractivity contribution in [3.05, 3.63) is 29.8 Å². The molecule has 0 saturated heterocycles. The van der Waals surface area contributed by atoms with Crippen molar-refractivity contribution in [2.75, 3.05) is 0 Å². The first kappa shape index (κ1) is 12.5. The van der Waals surface area contributed by atoms with Gasteiger partial charge in [0.25, 0.3) is 13.9 Å². The van der Waals surface area contributed by atoms with Crippen LogP contribution in [0, 0.1) is 6.92 Å². The molecule has 0 aromatic heterocycles. The molecule has 0 aliphatic carbocycles. The number of hydrogen-bond acceptors (Lipinski definition) is 0. The lowest BCUT2D eigenvalue weighted by atomic mass is 10.2. The van der Waals surface area contributed by atoms with Crippen LogP contribution in [0.4, 0.5) is 0 Å². The number of aromatic hydroxyl groups is 1. The van der Waals surface area contributed by atoms with Gasteiger partial charge < -0.3 is 4.52 Å². The normalized spacial score (nSPS) is 11.5. The predicted octanol–water partition coefficient (Wildman–Crippen LogP) is 4.45. The molecule has 0 unspecified atom stereocenters. The van der Waals surface area contributed by atoms with Gasteiger partial charge in [0, 0.05) is 12.1 Å². The van der Waals surface area contributed by atoms with Crippen LogP contribution in [0.3, 0.4) is 0 Å². The summed E-state index contributed by atoms with van der Waals surface area (Å²) in [6.45, 7) is 11.2. The molecule has 0 bridgehead atoms. The Morgan fingerprint density at radius 1 is 0.933 bits per heavy atom. The van der Waals surface area contributed by atoms with Crippen molar-refractivity contribution in [1.82, 2.24) is 0 Å². The summed E-state index contributed by atoms with van der Waals surface area (Å²) in [5, 5.41) is 0. The molecule has 84 valence electrons. The van der Waals surface area contributed by atoms with Gasteiger partial charge in [0.2, 0.25) is 0 Å². The zero-order valence-electron chi connectivity index (χ0n) is 10.4. The summed E-state index contributed by atoms with van der Waals surface area (Å²) in [6, 6.07) is 8.50. The van der Waals surface area contributed by atoms with Gasteiger partial charge in [-0.3, -0.25) is 0 Å². The third-order valence-electron chi connectivity index (χ3n) is 2.32. The molecule has 1 rings (SSSR count). The molecular formula is C13H22OP+. The fraction of sp³-hybridized carbons (Fsp3) is 0.538. The summed E-state index contributed by atoms with van der Waals surface area (Å²) >= 11 is 0. The zero-order chi connectivity index (χ0) is 11.4. The highest BCUT2D eigenvalue weighted by Crippen LogP contribution is 2.48. The highest BCUT2D eigenvalue weighted by molar-refractivity contribution is 7.53. The van der Waals surface area contributed by atoms with Crippen LogP contribution in [-0.2, 0) is 0 Å². The van der Waals surface area contributed by atoms with Crippen molar-refractivity contribution in [3.63, 3.8) is 0 Å². The molecule has 0 fully saturated rings. The lowest BCUT2D eigenvalue weighted by molar-refractivity contribution is 0.309. The Labute approximate surface area is 94.7 Å².